The third-order valence-electron chi connectivity index (χ3n) is 6.30. The molecule has 0 bridgehead atoms. The van der Waals surface area contributed by atoms with Crippen molar-refractivity contribution >= 4 is 44.9 Å². The van der Waals surface area contributed by atoms with E-state index in [0.717, 1.165) is 11.3 Å². The minimum atomic E-state index is -0.793. The minimum Gasteiger partial charge on any atom is -0.501 e. The van der Waals surface area contributed by atoms with Crippen molar-refractivity contribution in [3.05, 3.63) is 93.1 Å². The maximum atomic E-state index is 13.9. The number of ether oxygens (including phenoxy) is 1. The van der Waals surface area contributed by atoms with E-state index in [9.17, 15) is 24.8 Å². The quantitative estimate of drug-likeness (QED) is 0.327. The number of methoxy groups -OCH3 is 1. The number of phenolic OH excluding ortho intramolecular Hbond substituents is 1. The van der Waals surface area contributed by atoms with Crippen molar-refractivity contribution in [2.24, 2.45) is 4.99 Å². The maximum Gasteiger partial charge on any atom is 0.312 e. The van der Waals surface area contributed by atoms with Gasteiger partial charge in [0.2, 0.25) is 5.75 Å². The standard InChI is InChI=1S/C26H25BrN4O6S/c1-5-29(6-2)25(34)21-14(3)28-26-30(22(21)16-9-7-8-10-19(16)37-4)24(33)20(38-26)13-15-11-17(27)23(32)18(12-15)31(35)36/h7-13,22,32H,5-6H2,1-4H3/b20-13+/t22-/m1/s1. The van der Waals surface area contributed by atoms with E-state index in [2.05, 4.69) is 20.9 Å². The van der Waals surface area contributed by atoms with Gasteiger partial charge >= 0.3 is 5.69 Å². The fourth-order valence-electron chi connectivity index (χ4n) is 4.44. The smallest absolute Gasteiger partial charge is 0.312 e. The summed E-state index contributed by atoms with van der Waals surface area (Å²) in [4.78, 5) is 44.9. The second kappa shape index (κ2) is 10.9. The van der Waals surface area contributed by atoms with Gasteiger partial charge in [-0.05, 0) is 60.5 Å². The number of thiazole rings is 1. The number of amides is 1. The van der Waals surface area contributed by atoms with E-state index in [1.807, 2.05) is 32.0 Å². The molecule has 0 saturated carbocycles. The van der Waals surface area contributed by atoms with Gasteiger partial charge in [-0.15, -0.1) is 0 Å². The molecule has 1 amide bonds. The molecule has 1 N–H and O–H groups in total. The number of carbonyl (C=O) groups is 1. The zero-order valence-electron chi connectivity index (χ0n) is 21.1. The van der Waals surface area contributed by atoms with Crippen LogP contribution in [0.15, 0.2) is 61.9 Å². The molecule has 0 unspecified atom stereocenters. The number of allylic oxidation sites excluding steroid dienone is 1. The lowest BCUT2D eigenvalue weighted by Crippen LogP contribution is -2.43. The topological polar surface area (TPSA) is 127 Å². The molecule has 1 aromatic heterocycles. The fraction of sp³-hybridized carbons (Fsp3) is 0.269. The van der Waals surface area contributed by atoms with Crippen molar-refractivity contribution in [2.45, 2.75) is 26.8 Å². The number of phenols is 1. The van der Waals surface area contributed by atoms with Gasteiger partial charge in [-0.25, -0.2) is 4.99 Å². The highest BCUT2D eigenvalue weighted by atomic mass is 79.9. The van der Waals surface area contributed by atoms with Gasteiger partial charge in [0.15, 0.2) is 4.80 Å². The molecule has 1 aliphatic rings. The Balaban J connectivity index is 2.00. The summed E-state index contributed by atoms with van der Waals surface area (Å²) in [6.45, 7) is 6.50. The predicted octanol–water partition coefficient (Wildman–Crippen LogP) is 3.49. The summed E-state index contributed by atoms with van der Waals surface area (Å²) in [7, 11) is 1.53. The number of benzene rings is 2. The Kier molecular flexibility index (Phi) is 7.83. The van der Waals surface area contributed by atoms with E-state index < -0.39 is 28.0 Å². The molecule has 38 heavy (non-hydrogen) atoms. The number of aromatic hydroxyl groups is 1. The van der Waals surface area contributed by atoms with Crippen LogP contribution >= 0.6 is 27.3 Å². The molecule has 0 radical (unpaired) electrons. The van der Waals surface area contributed by atoms with E-state index in [0.29, 0.717) is 46.0 Å². The van der Waals surface area contributed by atoms with Crippen molar-refractivity contribution in [3.8, 4) is 11.5 Å². The molecule has 0 fully saturated rings. The fourth-order valence-corrected chi connectivity index (χ4v) is 5.96. The number of carbonyl (C=O) groups excluding carboxylic acids is 1. The molecule has 0 spiro atoms. The largest absolute Gasteiger partial charge is 0.501 e. The number of nitrogens with zero attached hydrogens (tertiary/aromatic N) is 4. The molecule has 0 saturated heterocycles. The van der Waals surface area contributed by atoms with Gasteiger partial charge in [-0.2, -0.15) is 0 Å². The Morgan fingerprint density at radius 1 is 1.32 bits per heavy atom. The van der Waals surface area contributed by atoms with Gasteiger partial charge in [0.05, 0.1) is 32.3 Å². The summed E-state index contributed by atoms with van der Waals surface area (Å²) < 4.78 is 7.47. The average molecular weight is 601 g/mol. The molecule has 2 heterocycles. The monoisotopic (exact) mass is 600 g/mol. The Bertz CT molecular complexity index is 1650. The molecule has 2 aromatic carbocycles. The zero-order chi connectivity index (χ0) is 27.7. The molecular weight excluding hydrogens is 576 g/mol. The SMILES string of the molecule is CCN(CC)C(=O)C1=C(C)N=c2s/c(=C/c3cc(Br)c(O)c([N+](=O)[O-])c3)c(=O)n2[C@@H]1c1ccccc1OC. The maximum absolute atomic E-state index is 13.9. The van der Waals surface area contributed by atoms with E-state index in [1.54, 1.807) is 17.9 Å². The van der Waals surface area contributed by atoms with E-state index in [1.165, 1.54) is 29.9 Å². The number of aromatic nitrogens is 1. The number of nitro groups is 1. The average Bonchev–Trinajstić information content (AvgIpc) is 3.19. The van der Waals surface area contributed by atoms with Gasteiger partial charge in [0.1, 0.15) is 11.8 Å². The first-order chi connectivity index (χ1) is 18.1. The molecular formula is C26H25BrN4O6S. The highest BCUT2D eigenvalue weighted by Crippen LogP contribution is 2.37. The van der Waals surface area contributed by atoms with Crippen LogP contribution in [0.2, 0.25) is 0 Å². The van der Waals surface area contributed by atoms with Crippen LogP contribution in [0.1, 0.15) is 37.9 Å². The van der Waals surface area contributed by atoms with Crippen molar-refractivity contribution in [2.75, 3.05) is 20.2 Å². The van der Waals surface area contributed by atoms with Gasteiger partial charge in [0, 0.05) is 24.7 Å². The first kappa shape index (κ1) is 27.3. The number of halogens is 1. The first-order valence-electron chi connectivity index (χ1n) is 11.7. The zero-order valence-corrected chi connectivity index (χ0v) is 23.5. The van der Waals surface area contributed by atoms with E-state index in [4.69, 9.17) is 4.74 Å². The van der Waals surface area contributed by atoms with Crippen LogP contribution in [0, 0.1) is 10.1 Å². The molecule has 10 nitrogen and oxygen atoms in total. The molecule has 0 aliphatic carbocycles. The van der Waals surface area contributed by atoms with Crippen LogP contribution in [0.25, 0.3) is 6.08 Å². The summed E-state index contributed by atoms with van der Waals surface area (Å²) in [5, 5.41) is 21.4. The number of fused-ring (bicyclic) bond motifs is 1. The van der Waals surface area contributed by atoms with Crippen LogP contribution < -0.4 is 19.6 Å². The Labute approximate surface area is 230 Å². The second-order valence-electron chi connectivity index (χ2n) is 8.43. The third kappa shape index (κ3) is 4.76. The Morgan fingerprint density at radius 2 is 2.00 bits per heavy atom. The van der Waals surface area contributed by atoms with Crippen LogP contribution in [0.3, 0.4) is 0 Å². The number of rotatable bonds is 7. The normalized spacial score (nSPS) is 15.2. The van der Waals surface area contributed by atoms with Crippen molar-refractivity contribution in [3.63, 3.8) is 0 Å². The number of para-hydroxylation sites is 1. The lowest BCUT2D eigenvalue weighted by Gasteiger charge is -2.29. The lowest BCUT2D eigenvalue weighted by atomic mass is 9.94. The lowest BCUT2D eigenvalue weighted by molar-refractivity contribution is -0.386. The number of hydrogen-bond donors (Lipinski definition) is 1. The summed E-state index contributed by atoms with van der Waals surface area (Å²) >= 11 is 4.24. The van der Waals surface area contributed by atoms with Crippen molar-refractivity contribution < 1.29 is 19.6 Å². The highest BCUT2D eigenvalue weighted by molar-refractivity contribution is 9.10. The van der Waals surface area contributed by atoms with Crippen molar-refractivity contribution in [1.82, 2.24) is 9.47 Å². The number of nitro benzene ring substituents is 1. The molecule has 4 rings (SSSR count). The van der Waals surface area contributed by atoms with Crippen molar-refractivity contribution in [1.29, 1.82) is 0 Å². The highest BCUT2D eigenvalue weighted by Gasteiger charge is 2.35. The van der Waals surface area contributed by atoms with Gasteiger partial charge in [-0.3, -0.25) is 24.3 Å². The molecule has 1 atom stereocenters. The third-order valence-corrected chi connectivity index (χ3v) is 7.88. The summed E-state index contributed by atoms with van der Waals surface area (Å²) in [6, 6.07) is 9.09. The molecule has 3 aromatic rings. The number of likely N-dealkylation sites (N-methyl/N-ethyl adjacent to an activating group) is 1. The minimum absolute atomic E-state index is 0.126. The van der Waals surface area contributed by atoms with Gasteiger partial charge in [0.25, 0.3) is 11.5 Å². The van der Waals surface area contributed by atoms with Gasteiger partial charge in [-0.1, -0.05) is 29.5 Å². The van der Waals surface area contributed by atoms with Crippen LogP contribution in [0.5, 0.6) is 11.5 Å². The Hall–Kier alpha value is -3.77. The summed E-state index contributed by atoms with van der Waals surface area (Å²) in [5.74, 6) is -0.204. The predicted molar refractivity (Wildman–Crippen MR) is 147 cm³/mol. The Morgan fingerprint density at radius 3 is 2.63 bits per heavy atom. The first-order valence-corrected chi connectivity index (χ1v) is 13.3. The van der Waals surface area contributed by atoms with Crippen LogP contribution in [-0.2, 0) is 4.79 Å². The molecule has 12 heteroatoms. The van der Waals surface area contributed by atoms with Crippen LogP contribution in [0.4, 0.5) is 5.69 Å². The van der Waals surface area contributed by atoms with Crippen LogP contribution in [-0.4, -0.2) is 45.6 Å². The summed E-state index contributed by atoms with van der Waals surface area (Å²) in [6.07, 6.45) is 1.51. The second-order valence-corrected chi connectivity index (χ2v) is 10.3. The number of hydrogen-bond acceptors (Lipinski definition) is 8. The summed E-state index contributed by atoms with van der Waals surface area (Å²) in [5.41, 5.74) is 0.946. The van der Waals surface area contributed by atoms with E-state index in [-0.39, 0.29) is 14.9 Å². The van der Waals surface area contributed by atoms with Gasteiger partial charge < -0.3 is 14.7 Å². The van der Waals surface area contributed by atoms with E-state index >= 15 is 0 Å². The molecule has 1 aliphatic heterocycles. The molecule has 198 valence electrons.